The van der Waals surface area contributed by atoms with Gasteiger partial charge in [0.1, 0.15) is 0 Å². The summed E-state index contributed by atoms with van der Waals surface area (Å²) < 4.78 is 0. The fourth-order valence-electron chi connectivity index (χ4n) is 2.67. The molecule has 0 aliphatic carbocycles. The molecule has 1 aromatic carbocycles. The van der Waals surface area contributed by atoms with Crippen molar-refractivity contribution in [3.05, 3.63) is 35.9 Å². The number of rotatable bonds is 4. The molecule has 0 unspecified atom stereocenters. The van der Waals surface area contributed by atoms with Crippen LogP contribution in [0.15, 0.2) is 30.3 Å². The van der Waals surface area contributed by atoms with E-state index in [0.717, 1.165) is 25.9 Å². The minimum Gasteiger partial charge on any atom is -0.481 e. The number of nitrogens with one attached hydrogen (secondary N) is 1. The Labute approximate surface area is 114 Å². The van der Waals surface area contributed by atoms with Gasteiger partial charge in [0.2, 0.25) is 0 Å². The number of aliphatic carboxylic acids is 1. The molecule has 18 heavy (non-hydrogen) atoms. The zero-order valence-corrected chi connectivity index (χ0v) is 11.2. The highest BCUT2D eigenvalue weighted by molar-refractivity contribution is 5.85. The number of carboxylic acids is 1. The fraction of sp³-hybridized carbons (Fsp3) is 0.500. The van der Waals surface area contributed by atoms with Crippen molar-refractivity contribution in [3.63, 3.8) is 0 Å². The number of carbonyl (C=O) groups is 1. The predicted octanol–water partition coefficient (Wildman–Crippen LogP) is 2.67. The molecule has 3 nitrogen and oxygen atoms in total. The van der Waals surface area contributed by atoms with E-state index in [4.69, 9.17) is 5.11 Å². The third kappa shape index (κ3) is 4.00. The molecule has 0 spiro atoms. The van der Waals surface area contributed by atoms with E-state index in [9.17, 15) is 4.79 Å². The number of carboxylic acid groups (broad SMARTS) is 1. The molecule has 2 rings (SSSR count). The summed E-state index contributed by atoms with van der Waals surface area (Å²) in [4.78, 5) is 10.7. The Morgan fingerprint density at radius 3 is 2.72 bits per heavy atom. The zero-order chi connectivity index (χ0) is 12.1. The molecule has 2 N–H and O–H groups in total. The molecular weight excluding hydrogens is 250 g/mol. The van der Waals surface area contributed by atoms with Crippen molar-refractivity contribution in [2.45, 2.75) is 25.2 Å². The quantitative estimate of drug-likeness (QED) is 0.884. The molecule has 1 aliphatic heterocycles. The molecule has 1 aromatic rings. The average molecular weight is 270 g/mol. The summed E-state index contributed by atoms with van der Waals surface area (Å²) in [5.74, 6) is 0.265. The maximum atomic E-state index is 10.7. The smallest absolute Gasteiger partial charge is 0.303 e. The molecule has 1 fully saturated rings. The van der Waals surface area contributed by atoms with E-state index < -0.39 is 5.97 Å². The van der Waals surface area contributed by atoms with Crippen LogP contribution in [0.5, 0.6) is 0 Å². The highest BCUT2D eigenvalue weighted by Crippen LogP contribution is 2.32. The zero-order valence-electron chi connectivity index (χ0n) is 10.3. The van der Waals surface area contributed by atoms with Crippen molar-refractivity contribution < 1.29 is 9.90 Å². The molecule has 1 aliphatic rings. The summed E-state index contributed by atoms with van der Waals surface area (Å²) >= 11 is 0. The van der Waals surface area contributed by atoms with Crippen LogP contribution < -0.4 is 5.32 Å². The first-order valence-electron chi connectivity index (χ1n) is 6.25. The molecule has 2 atom stereocenters. The molecular formula is C14H20ClNO2. The van der Waals surface area contributed by atoms with Gasteiger partial charge in [-0.05, 0) is 43.3 Å². The third-order valence-corrected chi connectivity index (χ3v) is 3.56. The van der Waals surface area contributed by atoms with Gasteiger partial charge in [-0.15, -0.1) is 12.4 Å². The highest BCUT2D eigenvalue weighted by atomic mass is 35.5. The number of benzene rings is 1. The van der Waals surface area contributed by atoms with Gasteiger partial charge in [0.25, 0.3) is 0 Å². The van der Waals surface area contributed by atoms with Crippen LogP contribution in [0, 0.1) is 5.92 Å². The molecule has 100 valence electrons. The van der Waals surface area contributed by atoms with Crippen LogP contribution in [0.4, 0.5) is 0 Å². The maximum Gasteiger partial charge on any atom is 0.303 e. The Morgan fingerprint density at radius 2 is 2.06 bits per heavy atom. The molecule has 1 saturated heterocycles. The monoisotopic (exact) mass is 269 g/mol. The van der Waals surface area contributed by atoms with Crippen molar-refractivity contribution in [3.8, 4) is 0 Å². The Bertz CT molecular complexity index is 369. The molecule has 0 aromatic heterocycles. The van der Waals surface area contributed by atoms with Gasteiger partial charge in [-0.2, -0.15) is 0 Å². The summed E-state index contributed by atoms with van der Waals surface area (Å²) in [6, 6.07) is 10.5. The summed E-state index contributed by atoms with van der Waals surface area (Å²) in [6.45, 7) is 1.97. The molecule has 1 heterocycles. The summed E-state index contributed by atoms with van der Waals surface area (Å²) in [5, 5.41) is 12.1. The van der Waals surface area contributed by atoms with E-state index >= 15 is 0 Å². The first-order chi connectivity index (χ1) is 8.27. The molecule has 4 heteroatoms. The van der Waals surface area contributed by atoms with Crippen LogP contribution in [-0.4, -0.2) is 24.2 Å². The normalized spacial score (nSPS) is 23.1. The number of hydrogen-bond acceptors (Lipinski definition) is 2. The van der Waals surface area contributed by atoms with Crippen LogP contribution in [0.1, 0.15) is 30.7 Å². The molecule has 0 bridgehead atoms. The van der Waals surface area contributed by atoms with Gasteiger partial charge in [-0.1, -0.05) is 30.3 Å². The van der Waals surface area contributed by atoms with Gasteiger partial charge in [-0.25, -0.2) is 0 Å². The highest BCUT2D eigenvalue weighted by Gasteiger charge is 2.26. The van der Waals surface area contributed by atoms with Crippen LogP contribution in [-0.2, 0) is 4.79 Å². The molecule has 0 amide bonds. The second kappa shape index (κ2) is 7.39. The summed E-state index contributed by atoms with van der Waals surface area (Å²) in [7, 11) is 0. The van der Waals surface area contributed by atoms with Crippen LogP contribution in [0.25, 0.3) is 0 Å². The number of piperidine rings is 1. The van der Waals surface area contributed by atoms with E-state index in [1.807, 2.05) is 6.07 Å². The van der Waals surface area contributed by atoms with Gasteiger partial charge in [-0.3, -0.25) is 4.79 Å². The number of hydrogen-bond donors (Lipinski definition) is 2. The van der Waals surface area contributed by atoms with Crippen LogP contribution >= 0.6 is 12.4 Å². The van der Waals surface area contributed by atoms with E-state index in [1.54, 1.807) is 0 Å². The van der Waals surface area contributed by atoms with E-state index in [0.29, 0.717) is 11.8 Å². The van der Waals surface area contributed by atoms with E-state index in [-0.39, 0.29) is 18.8 Å². The topological polar surface area (TPSA) is 49.3 Å². The number of halogens is 1. The Morgan fingerprint density at radius 1 is 1.33 bits per heavy atom. The maximum absolute atomic E-state index is 10.7. The largest absolute Gasteiger partial charge is 0.481 e. The van der Waals surface area contributed by atoms with E-state index in [1.165, 1.54) is 5.56 Å². The van der Waals surface area contributed by atoms with Gasteiger partial charge in [0, 0.05) is 6.42 Å². The summed E-state index contributed by atoms with van der Waals surface area (Å²) in [5.41, 5.74) is 1.35. The van der Waals surface area contributed by atoms with Gasteiger partial charge in [0.15, 0.2) is 0 Å². The summed E-state index contributed by atoms with van der Waals surface area (Å²) in [6.07, 6.45) is 2.14. The lowest BCUT2D eigenvalue weighted by atomic mass is 9.79. The standard InChI is InChI=1S/C14H19NO2.ClH/c16-14(17)7-6-12-10-15-9-8-13(12)11-4-2-1-3-5-11;/h1-5,12-13,15H,6-10H2,(H,16,17);1H/t12-,13+;/m1./s1. The second-order valence-electron chi connectivity index (χ2n) is 4.70. The lowest BCUT2D eigenvalue weighted by Crippen LogP contribution is -2.35. The van der Waals surface area contributed by atoms with E-state index in [2.05, 4.69) is 29.6 Å². The van der Waals surface area contributed by atoms with Crippen molar-refractivity contribution in [1.82, 2.24) is 5.32 Å². The second-order valence-corrected chi connectivity index (χ2v) is 4.70. The van der Waals surface area contributed by atoms with Crippen molar-refractivity contribution in [1.29, 1.82) is 0 Å². The van der Waals surface area contributed by atoms with Crippen molar-refractivity contribution in [2.24, 2.45) is 5.92 Å². The van der Waals surface area contributed by atoms with Gasteiger partial charge < -0.3 is 10.4 Å². The van der Waals surface area contributed by atoms with Crippen LogP contribution in [0.2, 0.25) is 0 Å². The first kappa shape index (κ1) is 15.0. The van der Waals surface area contributed by atoms with Gasteiger partial charge >= 0.3 is 5.97 Å². The molecule has 0 radical (unpaired) electrons. The SMILES string of the molecule is Cl.O=C(O)CC[C@@H]1CNCC[C@H]1c1ccccc1. The Hall–Kier alpha value is -1.06. The van der Waals surface area contributed by atoms with Crippen molar-refractivity contribution >= 4 is 18.4 Å². The third-order valence-electron chi connectivity index (χ3n) is 3.56. The van der Waals surface area contributed by atoms with Gasteiger partial charge in [0.05, 0.1) is 0 Å². The minimum absolute atomic E-state index is 0. The lowest BCUT2D eigenvalue weighted by Gasteiger charge is -2.32. The molecule has 0 saturated carbocycles. The Kier molecular flexibility index (Phi) is 6.16. The minimum atomic E-state index is -0.692. The lowest BCUT2D eigenvalue weighted by molar-refractivity contribution is -0.137. The van der Waals surface area contributed by atoms with Crippen molar-refractivity contribution in [2.75, 3.05) is 13.1 Å². The fourth-order valence-corrected chi connectivity index (χ4v) is 2.67. The predicted molar refractivity (Wildman–Crippen MR) is 74.3 cm³/mol. The first-order valence-corrected chi connectivity index (χ1v) is 6.25. The Balaban J connectivity index is 0.00000162. The average Bonchev–Trinajstić information content (AvgIpc) is 2.38. The van der Waals surface area contributed by atoms with Crippen LogP contribution in [0.3, 0.4) is 0 Å².